The van der Waals surface area contributed by atoms with Crippen LogP contribution in [0.3, 0.4) is 0 Å². The molecule has 6 heteroatoms. The van der Waals surface area contributed by atoms with Gasteiger partial charge in [-0.1, -0.05) is 23.2 Å². The SMILES string of the molecule is Cl.NC(CO)Cc1c(Cl)cncc1Cl. The molecule has 1 aromatic heterocycles. The van der Waals surface area contributed by atoms with Crippen LogP contribution in [0.2, 0.25) is 10.0 Å². The minimum Gasteiger partial charge on any atom is -0.395 e. The molecule has 80 valence electrons. The van der Waals surface area contributed by atoms with E-state index in [2.05, 4.69) is 4.98 Å². The third kappa shape index (κ3) is 3.59. The van der Waals surface area contributed by atoms with Gasteiger partial charge in [0.1, 0.15) is 0 Å². The summed E-state index contributed by atoms with van der Waals surface area (Å²) in [6.07, 6.45) is 3.47. The fourth-order valence-corrected chi connectivity index (χ4v) is 1.48. The summed E-state index contributed by atoms with van der Waals surface area (Å²) in [6, 6.07) is -0.336. The molecule has 1 unspecified atom stereocenters. The van der Waals surface area contributed by atoms with Crippen molar-refractivity contribution in [2.75, 3.05) is 6.61 Å². The predicted octanol–water partition coefficient (Wildman–Crippen LogP) is 1.67. The number of hydrogen-bond acceptors (Lipinski definition) is 3. The van der Waals surface area contributed by atoms with Crippen molar-refractivity contribution in [3.05, 3.63) is 28.0 Å². The zero-order chi connectivity index (χ0) is 9.84. The van der Waals surface area contributed by atoms with E-state index in [-0.39, 0.29) is 25.1 Å². The second-order valence-electron chi connectivity index (χ2n) is 2.73. The first kappa shape index (κ1) is 13.9. The zero-order valence-electron chi connectivity index (χ0n) is 7.28. The van der Waals surface area contributed by atoms with E-state index in [4.69, 9.17) is 34.0 Å². The standard InChI is InChI=1S/C8H10Cl2N2O.ClH/c9-7-2-12-3-8(10)6(7)1-5(11)4-13;/h2-3,5,13H,1,4,11H2;1H. The van der Waals surface area contributed by atoms with Crippen molar-refractivity contribution in [2.45, 2.75) is 12.5 Å². The predicted molar refractivity (Wildman–Crippen MR) is 60.3 cm³/mol. The van der Waals surface area contributed by atoms with Crippen molar-refractivity contribution in [3.63, 3.8) is 0 Å². The Kier molecular flexibility index (Phi) is 6.40. The van der Waals surface area contributed by atoms with Crippen LogP contribution < -0.4 is 5.73 Å². The third-order valence-corrected chi connectivity index (χ3v) is 2.30. The van der Waals surface area contributed by atoms with Gasteiger partial charge in [-0.25, -0.2) is 0 Å². The molecule has 3 N–H and O–H groups in total. The fraction of sp³-hybridized carbons (Fsp3) is 0.375. The maximum Gasteiger partial charge on any atom is 0.0636 e. The van der Waals surface area contributed by atoms with Gasteiger partial charge < -0.3 is 10.8 Å². The number of nitrogens with two attached hydrogens (primary N) is 1. The summed E-state index contributed by atoms with van der Waals surface area (Å²) in [4.78, 5) is 3.81. The lowest BCUT2D eigenvalue weighted by Gasteiger charge is -2.10. The van der Waals surface area contributed by atoms with Crippen LogP contribution in [0, 0.1) is 0 Å². The molecule has 0 saturated heterocycles. The molecule has 1 heterocycles. The average Bonchev–Trinajstić information content (AvgIpc) is 2.11. The molecule has 0 fully saturated rings. The average molecular weight is 258 g/mol. The molecule has 1 atom stereocenters. The van der Waals surface area contributed by atoms with Gasteiger partial charge in [0.25, 0.3) is 0 Å². The maximum absolute atomic E-state index is 8.75. The highest BCUT2D eigenvalue weighted by Gasteiger charge is 2.09. The first-order valence-electron chi connectivity index (χ1n) is 3.79. The van der Waals surface area contributed by atoms with Crippen molar-refractivity contribution in [1.82, 2.24) is 4.98 Å². The van der Waals surface area contributed by atoms with E-state index >= 15 is 0 Å². The summed E-state index contributed by atoms with van der Waals surface area (Å²) >= 11 is 11.7. The fourth-order valence-electron chi connectivity index (χ4n) is 0.960. The van der Waals surface area contributed by atoms with Gasteiger partial charge in [-0.05, 0) is 12.0 Å². The van der Waals surface area contributed by atoms with E-state index in [1.807, 2.05) is 0 Å². The lowest BCUT2D eigenvalue weighted by atomic mass is 10.1. The van der Waals surface area contributed by atoms with Crippen molar-refractivity contribution in [3.8, 4) is 0 Å². The number of nitrogens with zero attached hydrogens (tertiary/aromatic N) is 1. The molecule has 3 nitrogen and oxygen atoms in total. The number of aliphatic hydroxyl groups is 1. The van der Waals surface area contributed by atoms with Gasteiger partial charge in [-0.15, -0.1) is 12.4 Å². The lowest BCUT2D eigenvalue weighted by Crippen LogP contribution is -2.27. The summed E-state index contributed by atoms with van der Waals surface area (Å²) < 4.78 is 0. The van der Waals surface area contributed by atoms with Crippen LogP contribution in [0.25, 0.3) is 0 Å². The van der Waals surface area contributed by atoms with Crippen molar-refractivity contribution >= 4 is 35.6 Å². The third-order valence-electron chi connectivity index (χ3n) is 1.65. The highest BCUT2D eigenvalue weighted by atomic mass is 35.5. The first-order valence-corrected chi connectivity index (χ1v) is 4.55. The summed E-state index contributed by atoms with van der Waals surface area (Å²) in [5.74, 6) is 0. The molecular weight excluding hydrogens is 246 g/mol. The number of rotatable bonds is 3. The van der Waals surface area contributed by atoms with E-state index in [0.717, 1.165) is 5.56 Å². The van der Waals surface area contributed by atoms with Crippen molar-refractivity contribution in [1.29, 1.82) is 0 Å². The normalized spacial score (nSPS) is 12.0. The molecule has 0 spiro atoms. The Labute approximate surface area is 98.6 Å². The van der Waals surface area contributed by atoms with Gasteiger partial charge in [-0.3, -0.25) is 4.98 Å². The Morgan fingerprint density at radius 1 is 1.36 bits per heavy atom. The topological polar surface area (TPSA) is 59.1 Å². The molecule has 1 aromatic rings. The van der Waals surface area contributed by atoms with Crippen molar-refractivity contribution < 1.29 is 5.11 Å². The van der Waals surface area contributed by atoms with Crippen LogP contribution in [0.1, 0.15) is 5.56 Å². The van der Waals surface area contributed by atoms with E-state index in [0.29, 0.717) is 16.5 Å². The molecule has 0 aliphatic carbocycles. The second kappa shape index (κ2) is 6.43. The molecule has 0 saturated carbocycles. The molecule has 1 rings (SSSR count). The smallest absolute Gasteiger partial charge is 0.0636 e. The molecule has 14 heavy (non-hydrogen) atoms. The van der Waals surface area contributed by atoms with E-state index in [1.54, 1.807) is 0 Å². The van der Waals surface area contributed by atoms with Gasteiger partial charge in [0.05, 0.1) is 16.7 Å². The monoisotopic (exact) mass is 256 g/mol. The summed E-state index contributed by atoms with van der Waals surface area (Å²) in [5.41, 5.74) is 6.29. The number of aliphatic hydroxyl groups excluding tert-OH is 1. The van der Waals surface area contributed by atoms with Gasteiger partial charge in [0, 0.05) is 18.4 Å². The summed E-state index contributed by atoms with van der Waals surface area (Å²) in [6.45, 7) is -0.0883. The molecule has 0 aromatic carbocycles. The number of halogens is 3. The molecule has 0 aliphatic rings. The van der Waals surface area contributed by atoms with Gasteiger partial charge in [0.15, 0.2) is 0 Å². The van der Waals surface area contributed by atoms with Gasteiger partial charge >= 0.3 is 0 Å². The summed E-state index contributed by atoms with van der Waals surface area (Å²) in [5, 5.41) is 9.72. The Hall–Kier alpha value is -0.0600. The molecule has 0 bridgehead atoms. The Balaban J connectivity index is 0.00000169. The van der Waals surface area contributed by atoms with Crippen LogP contribution in [0.15, 0.2) is 12.4 Å². The van der Waals surface area contributed by atoms with E-state index in [1.165, 1.54) is 12.4 Å². The van der Waals surface area contributed by atoms with Gasteiger partial charge in [-0.2, -0.15) is 0 Å². The van der Waals surface area contributed by atoms with Crippen LogP contribution in [0.5, 0.6) is 0 Å². The molecule has 0 amide bonds. The lowest BCUT2D eigenvalue weighted by molar-refractivity contribution is 0.265. The van der Waals surface area contributed by atoms with E-state index < -0.39 is 0 Å². The highest BCUT2D eigenvalue weighted by molar-refractivity contribution is 6.35. The largest absolute Gasteiger partial charge is 0.395 e. The van der Waals surface area contributed by atoms with Crippen LogP contribution in [0.4, 0.5) is 0 Å². The summed E-state index contributed by atoms with van der Waals surface area (Å²) in [7, 11) is 0. The van der Waals surface area contributed by atoms with Crippen LogP contribution in [-0.4, -0.2) is 22.7 Å². The van der Waals surface area contributed by atoms with Crippen molar-refractivity contribution in [2.24, 2.45) is 5.73 Å². The Morgan fingerprint density at radius 2 is 1.86 bits per heavy atom. The quantitative estimate of drug-likeness (QED) is 0.866. The molecule has 0 radical (unpaired) electrons. The number of aromatic nitrogens is 1. The number of pyridine rings is 1. The highest BCUT2D eigenvalue weighted by Crippen LogP contribution is 2.23. The second-order valence-corrected chi connectivity index (χ2v) is 3.54. The van der Waals surface area contributed by atoms with E-state index in [9.17, 15) is 0 Å². The molecule has 0 aliphatic heterocycles. The minimum atomic E-state index is -0.336. The minimum absolute atomic E-state index is 0. The maximum atomic E-state index is 8.75. The number of hydrogen-bond donors (Lipinski definition) is 2. The Morgan fingerprint density at radius 3 is 2.29 bits per heavy atom. The zero-order valence-corrected chi connectivity index (χ0v) is 9.61. The van der Waals surface area contributed by atoms with Gasteiger partial charge in [0.2, 0.25) is 0 Å². The Bertz CT molecular complexity index is 276. The first-order chi connectivity index (χ1) is 6.15. The van der Waals surface area contributed by atoms with Crippen LogP contribution in [-0.2, 0) is 6.42 Å². The molecular formula is C8H11Cl3N2O. The van der Waals surface area contributed by atoms with Crippen LogP contribution >= 0.6 is 35.6 Å².